The lowest BCUT2D eigenvalue weighted by Crippen LogP contribution is -2.42. The van der Waals surface area contributed by atoms with Crippen LogP contribution < -0.4 is 9.64 Å². The molecule has 1 fully saturated rings. The van der Waals surface area contributed by atoms with Crippen molar-refractivity contribution in [2.45, 2.75) is 39.7 Å². The van der Waals surface area contributed by atoms with Gasteiger partial charge >= 0.3 is 0 Å². The average Bonchev–Trinajstić information content (AvgIpc) is 2.96. The van der Waals surface area contributed by atoms with Gasteiger partial charge in [0.1, 0.15) is 5.75 Å². The molecule has 27 heavy (non-hydrogen) atoms. The standard InChI is InChI=1S/C19H28N2O5S/c1-4-20(17-11-13-27(24,25)14-17)19(23)10-12-21(15(3)22)16-6-8-18(9-7-16)26-5-2/h6-9,17H,4-5,10-14H2,1-3H3. The monoisotopic (exact) mass is 396 g/mol. The Kier molecular flexibility index (Phi) is 7.24. The van der Waals surface area contributed by atoms with E-state index in [4.69, 9.17) is 4.74 Å². The van der Waals surface area contributed by atoms with Crippen molar-refractivity contribution in [3.63, 3.8) is 0 Å². The van der Waals surface area contributed by atoms with E-state index >= 15 is 0 Å². The van der Waals surface area contributed by atoms with Crippen LogP contribution >= 0.6 is 0 Å². The molecule has 0 aliphatic carbocycles. The van der Waals surface area contributed by atoms with Crippen molar-refractivity contribution in [3.05, 3.63) is 24.3 Å². The van der Waals surface area contributed by atoms with E-state index in [1.54, 1.807) is 34.1 Å². The van der Waals surface area contributed by atoms with E-state index in [-0.39, 0.29) is 42.3 Å². The first-order valence-electron chi connectivity index (χ1n) is 9.28. The molecule has 1 aromatic carbocycles. The lowest BCUT2D eigenvalue weighted by molar-refractivity contribution is -0.132. The van der Waals surface area contributed by atoms with Crippen LogP contribution in [0, 0.1) is 0 Å². The van der Waals surface area contributed by atoms with E-state index in [1.165, 1.54) is 6.92 Å². The summed E-state index contributed by atoms with van der Waals surface area (Å²) in [4.78, 5) is 27.9. The highest BCUT2D eigenvalue weighted by Crippen LogP contribution is 2.21. The number of ether oxygens (including phenoxy) is 1. The van der Waals surface area contributed by atoms with Gasteiger partial charge in [-0.2, -0.15) is 0 Å². The normalized spacial score (nSPS) is 18.1. The third-order valence-electron chi connectivity index (χ3n) is 4.70. The van der Waals surface area contributed by atoms with Crippen LogP contribution in [0.2, 0.25) is 0 Å². The number of amides is 2. The number of benzene rings is 1. The molecule has 1 aliphatic heterocycles. The molecule has 1 aromatic rings. The Bertz CT molecular complexity index is 761. The first-order chi connectivity index (χ1) is 12.8. The van der Waals surface area contributed by atoms with Crippen molar-refractivity contribution in [2.75, 3.05) is 36.1 Å². The van der Waals surface area contributed by atoms with E-state index in [0.717, 1.165) is 5.75 Å². The molecule has 0 radical (unpaired) electrons. The van der Waals surface area contributed by atoms with Gasteiger partial charge in [0, 0.05) is 38.2 Å². The topological polar surface area (TPSA) is 84.0 Å². The van der Waals surface area contributed by atoms with Gasteiger partial charge in [-0.15, -0.1) is 0 Å². The Balaban J connectivity index is 2.02. The van der Waals surface area contributed by atoms with Crippen LogP contribution in [0.15, 0.2) is 24.3 Å². The molecular formula is C19H28N2O5S. The maximum Gasteiger partial charge on any atom is 0.224 e. The van der Waals surface area contributed by atoms with E-state index < -0.39 is 9.84 Å². The number of carbonyl (C=O) groups excluding carboxylic acids is 2. The number of sulfone groups is 1. The number of rotatable bonds is 8. The highest BCUT2D eigenvalue weighted by atomic mass is 32.2. The number of anilines is 1. The summed E-state index contributed by atoms with van der Waals surface area (Å²) >= 11 is 0. The summed E-state index contributed by atoms with van der Waals surface area (Å²) in [7, 11) is -3.05. The third kappa shape index (κ3) is 5.69. The molecule has 150 valence electrons. The van der Waals surface area contributed by atoms with Gasteiger partial charge in [-0.1, -0.05) is 0 Å². The molecule has 0 bridgehead atoms. The number of carbonyl (C=O) groups is 2. The van der Waals surface area contributed by atoms with E-state index in [0.29, 0.717) is 25.3 Å². The summed E-state index contributed by atoms with van der Waals surface area (Å²) in [6.07, 6.45) is 0.633. The minimum atomic E-state index is -3.05. The zero-order valence-corrected chi connectivity index (χ0v) is 17.0. The van der Waals surface area contributed by atoms with Crippen LogP contribution in [0.5, 0.6) is 5.75 Å². The predicted molar refractivity (Wildman–Crippen MR) is 105 cm³/mol. The van der Waals surface area contributed by atoms with Crippen LogP contribution in [-0.2, 0) is 19.4 Å². The fraction of sp³-hybridized carbons (Fsp3) is 0.579. The van der Waals surface area contributed by atoms with Gasteiger partial charge in [-0.25, -0.2) is 8.42 Å². The molecule has 0 spiro atoms. The maximum atomic E-state index is 12.6. The van der Waals surface area contributed by atoms with Crippen molar-refractivity contribution in [2.24, 2.45) is 0 Å². The summed E-state index contributed by atoms with van der Waals surface area (Å²) in [5, 5.41) is 0. The van der Waals surface area contributed by atoms with Gasteiger partial charge < -0.3 is 14.5 Å². The fourth-order valence-electron chi connectivity index (χ4n) is 3.37. The number of hydrogen-bond donors (Lipinski definition) is 0. The lowest BCUT2D eigenvalue weighted by atomic mass is 10.2. The number of nitrogens with zero attached hydrogens (tertiary/aromatic N) is 2. The largest absolute Gasteiger partial charge is 0.494 e. The molecule has 1 atom stereocenters. The molecule has 0 aromatic heterocycles. The Morgan fingerprint density at radius 3 is 2.33 bits per heavy atom. The van der Waals surface area contributed by atoms with Gasteiger partial charge in [0.15, 0.2) is 9.84 Å². The quantitative estimate of drug-likeness (QED) is 0.670. The van der Waals surface area contributed by atoms with Crippen LogP contribution in [0.1, 0.15) is 33.6 Å². The SMILES string of the molecule is CCOc1ccc(N(CCC(=O)N(CC)C2CCS(=O)(=O)C2)C(C)=O)cc1. The summed E-state index contributed by atoms with van der Waals surface area (Å²) in [5.74, 6) is 0.602. The first kappa shape index (κ1) is 21.2. The molecule has 1 heterocycles. The molecule has 0 N–H and O–H groups in total. The van der Waals surface area contributed by atoms with Crippen molar-refractivity contribution in [1.29, 1.82) is 0 Å². The second-order valence-corrected chi connectivity index (χ2v) is 8.81. The average molecular weight is 397 g/mol. The molecule has 1 unspecified atom stereocenters. The Hall–Kier alpha value is -2.09. The van der Waals surface area contributed by atoms with Crippen molar-refractivity contribution >= 4 is 27.3 Å². The molecule has 8 heteroatoms. The molecular weight excluding hydrogens is 368 g/mol. The summed E-state index contributed by atoms with van der Waals surface area (Å²) in [6.45, 7) is 6.48. The van der Waals surface area contributed by atoms with Gasteiger partial charge in [0.05, 0.1) is 18.1 Å². The Labute approximate surface area is 161 Å². The molecule has 1 aliphatic rings. The third-order valence-corrected chi connectivity index (χ3v) is 6.45. The van der Waals surface area contributed by atoms with Gasteiger partial charge in [0.25, 0.3) is 0 Å². The number of hydrogen-bond acceptors (Lipinski definition) is 5. The first-order valence-corrected chi connectivity index (χ1v) is 11.1. The van der Waals surface area contributed by atoms with Crippen molar-refractivity contribution < 1.29 is 22.7 Å². The van der Waals surface area contributed by atoms with Gasteiger partial charge in [-0.3, -0.25) is 9.59 Å². The van der Waals surface area contributed by atoms with Crippen LogP contribution in [0.3, 0.4) is 0 Å². The van der Waals surface area contributed by atoms with Crippen molar-refractivity contribution in [1.82, 2.24) is 4.90 Å². The van der Waals surface area contributed by atoms with E-state index in [9.17, 15) is 18.0 Å². The molecule has 0 saturated carbocycles. The zero-order valence-electron chi connectivity index (χ0n) is 16.2. The van der Waals surface area contributed by atoms with E-state index in [1.807, 2.05) is 13.8 Å². The molecule has 1 saturated heterocycles. The minimum Gasteiger partial charge on any atom is -0.494 e. The summed E-state index contributed by atoms with van der Waals surface area (Å²) in [6, 6.07) is 6.90. The van der Waals surface area contributed by atoms with Crippen LogP contribution in [0.4, 0.5) is 5.69 Å². The molecule has 7 nitrogen and oxygen atoms in total. The highest BCUT2D eigenvalue weighted by Gasteiger charge is 2.33. The zero-order chi connectivity index (χ0) is 20.0. The summed E-state index contributed by atoms with van der Waals surface area (Å²) < 4.78 is 28.8. The molecule has 2 rings (SSSR count). The Morgan fingerprint density at radius 2 is 1.85 bits per heavy atom. The van der Waals surface area contributed by atoms with Gasteiger partial charge in [0.2, 0.25) is 11.8 Å². The molecule has 2 amide bonds. The van der Waals surface area contributed by atoms with E-state index in [2.05, 4.69) is 0 Å². The maximum absolute atomic E-state index is 12.6. The second-order valence-electron chi connectivity index (χ2n) is 6.58. The second kappa shape index (κ2) is 9.21. The van der Waals surface area contributed by atoms with Crippen LogP contribution in [-0.4, -0.2) is 62.4 Å². The Morgan fingerprint density at radius 1 is 1.19 bits per heavy atom. The predicted octanol–water partition coefficient (Wildman–Crippen LogP) is 1.86. The highest BCUT2D eigenvalue weighted by molar-refractivity contribution is 7.91. The lowest BCUT2D eigenvalue weighted by Gasteiger charge is -2.28. The minimum absolute atomic E-state index is 0.0297. The van der Waals surface area contributed by atoms with Crippen LogP contribution in [0.25, 0.3) is 0 Å². The van der Waals surface area contributed by atoms with Crippen molar-refractivity contribution in [3.8, 4) is 5.75 Å². The fourth-order valence-corrected chi connectivity index (χ4v) is 5.10. The summed E-state index contributed by atoms with van der Waals surface area (Å²) in [5.41, 5.74) is 0.699. The van der Waals surface area contributed by atoms with Gasteiger partial charge in [-0.05, 0) is 44.5 Å². The smallest absolute Gasteiger partial charge is 0.224 e.